The Morgan fingerprint density at radius 2 is 2.38 bits per heavy atom. The van der Waals surface area contributed by atoms with Crippen LogP contribution in [0, 0.1) is 5.92 Å². The molecule has 13 heavy (non-hydrogen) atoms. The molecule has 2 aliphatic rings. The van der Waals surface area contributed by atoms with Crippen LogP contribution in [-0.2, 0) is 4.84 Å². The number of hydrogen-bond donors (Lipinski definition) is 1. The van der Waals surface area contributed by atoms with Crippen LogP contribution >= 0.6 is 0 Å². The molecular weight excluding hydrogens is 168 g/mol. The van der Waals surface area contributed by atoms with Gasteiger partial charge in [-0.3, -0.25) is 4.84 Å². The van der Waals surface area contributed by atoms with Gasteiger partial charge in [-0.15, -0.1) is 0 Å². The molecule has 0 spiro atoms. The van der Waals surface area contributed by atoms with Crippen LogP contribution in [0.1, 0.15) is 26.2 Å². The molecule has 0 radical (unpaired) electrons. The molecule has 1 saturated carbocycles. The fourth-order valence-corrected chi connectivity index (χ4v) is 1.59. The molecule has 2 rings (SSSR count). The van der Waals surface area contributed by atoms with Crippen molar-refractivity contribution in [1.29, 1.82) is 0 Å². The SMILES string of the molecule is CC(NC(=O)N1CCCO1)C1CC1. The Labute approximate surface area is 78.2 Å². The van der Waals surface area contributed by atoms with E-state index < -0.39 is 0 Å². The molecule has 1 N–H and O–H groups in total. The average Bonchev–Trinajstić information content (AvgIpc) is 2.81. The lowest BCUT2D eigenvalue weighted by atomic mass is 10.2. The fourth-order valence-electron chi connectivity index (χ4n) is 1.59. The third-order valence-corrected chi connectivity index (χ3v) is 2.66. The molecule has 1 heterocycles. The van der Waals surface area contributed by atoms with Gasteiger partial charge in [0.15, 0.2) is 0 Å². The number of rotatable bonds is 2. The number of nitrogens with one attached hydrogen (secondary N) is 1. The van der Waals surface area contributed by atoms with Crippen molar-refractivity contribution in [3.8, 4) is 0 Å². The summed E-state index contributed by atoms with van der Waals surface area (Å²) in [5.74, 6) is 0.701. The largest absolute Gasteiger partial charge is 0.341 e. The lowest BCUT2D eigenvalue weighted by Crippen LogP contribution is -2.42. The van der Waals surface area contributed by atoms with Crippen LogP contribution in [0.5, 0.6) is 0 Å². The van der Waals surface area contributed by atoms with Crippen molar-refractivity contribution in [3.63, 3.8) is 0 Å². The monoisotopic (exact) mass is 184 g/mol. The van der Waals surface area contributed by atoms with Crippen LogP contribution in [-0.4, -0.2) is 30.3 Å². The Balaban J connectivity index is 1.76. The van der Waals surface area contributed by atoms with E-state index in [0.29, 0.717) is 18.6 Å². The second-order valence-electron chi connectivity index (χ2n) is 3.86. The van der Waals surface area contributed by atoms with E-state index in [0.717, 1.165) is 13.0 Å². The van der Waals surface area contributed by atoms with Gasteiger partial charge in [0.2, 0.25) is 0 Å². The zero-order valence-corrected chi connectivity index (χ0v) is 7.95. The Hall–Kier alpha value is -0.770. The van der Waals surface area contributed by atoms with Gasteiger partial charge >= 0.3 is 6.03 Å². The number of hydroxylamine groups is 2. The molecule has 0 aromatic rings. The van der Waals surface area contributed by atoms with E-state index in [-0.39, 0.29) is 6.03 Å². The summed E-state index contributed by atoms with van der Waals surface area (Å²) in [6, 6.07) is 0.230. The Morgan fingerprint density at radius 1 is 1.62 bits per heavy atom. The maximum Gasteiger partial charge on any atom is 0.341 e. The first kappa shape index (κ1) is 8.81. The topological polar surface area (TPSA) is 41.6 Å². The quantitative estimate of drug-likeness (QED) is 0.699. The summed E-state index contributed by atoms with van der Waals surface area (Å²) in [7, 11) is 0. The Morgan fingerprint density at radius 3 is 2.92 bits per heavy atom. The number of urea groups is 1. The summed E-state index contributed by atoms with van der Waals surface area (Å²) in [5, 5.41) is 4.38. The molecule has 1 aliphatic carbocycles. The van der Waals surface area contributed by atoms with Crippen LogP contribution in [0.3, 0.4) is 0 Å². The predicted octanol–water partition coefficient (Wildman–Crippen LogP) is 1.13. The van der Waals surface area contributed by atoms with E-state index >= 15 is 0 Å². The first-order valence-electron chi connectivity index (χ1n) is 4.98. The molecule has 0 aromatic carbocycles. The van der Waals surface area contributed by atoms with Crippen LogP contribution in [0.2, 0.25) is 0 Å². The third kappa shape index (κ3) is 2.12. The highest BCUT2D eigenvalue weighted by molar-refractivity contribution is 5.73. The van der Waals surface area contributed by atoms with Crippen LogP contribution in [0.25, 0.3) is 0 Å². The summed E-state index contributed by atoms with van der Waals surface area (Å²) in [6.07, 6.45) is 3.45. The van der Waals surface area contributed by atoms with Crippen molar-refractivity contribution in [2.24, 2.45) is 5.92 Å². The summed E-state index contributed by atoms with van der Waals surface area (Å²) >= 11 is 0. The van der Waals surface area contributed by atoms with Gasteiger partial charge in [0, 0.05) is 6.04 Å². The van der Waals surface area contributed by atoms with Crippen LogP contribution < -0.4 is 5.32 Å². The van der Waals surface area contributed by atoms with Gasteiger partial charge < -0.3 is 5.32 Å². The van der Waals surface area contributed by atoms with E-state index in [1.807, 2.05) is 0 Å². The summed E-state index contributed by atoms with van der Waals surface area (Å²) < 4.78 is 0. The molecule has 4 nitrogen and oxygen atoms in total. The lowest BCUT2D eigenvalue weighted by Gasteiger charge is -2.18. The Bertz CT molecular complexity index is 198. The number of carbonyl (C=O) groups excluding carboxylic acids is 1. The van der Waals surface area contributed by atoms with E-state index in [1.54, 1.807) is 0 Å². The maximum absolute atomic E-state index is 11.5. The minimum absolute atomic E-state index is 0.0723. The van der Waals surface area contributed by atoms with E-state index in [9.17, 15) is 4.79 Å². The highest BCUT2D eigenvalue weighted by atomic mass is 16.7. The maximum atomic E-state index is 11.5. The smallest absolute Gasteiger partial charge is 0.333 e. The lowest BCUT2D eigenvalue weighted by molar-refractivity contribution is -0.0670. The molecule has 1 saturated heterocycles. The van der Waals surface area contributed by atoms with Gasteiger partial charge in [-0.05, 0) is 32.1 Å². The summed E-state index contributed by atoms with van der Waals surface area (Å²) in [4.78, 5) is 16.6. The molecule has 1 unspecified atom stereocenters. The first-order valence-corrected chi connectivity index (χ1v) is 4.98. The second-order valence-corrected chi connectivity index (χ2v) is 3.86. The highest BCUT2D eigenvalue weighted by Gasteiger charge is 2.30. The van der Waals surface area contributed by atoms with Gasteiger partial charge in [-0.2, -0.15) is 0 Å². The van der Waals surface area contributed by atoms with Crippen molar-refractivity contribution in [1.82, 2.24) is 10.4 Å². The van der Waals surface area contributed by atoms with Crippen LogP contribution in [0.15, 0.2) is 0 Å². The normalized spacial score (nSPS) is 24.5. The predicted molar refractivity (Wildman–Crippen MR) is 48.0 cm³/mol. The molecule has 4 heteroatoms. The summed E-state index contributed by atoms with van der Waals surface area (Å²) in [5.41, 5.74) is 0. The van der Waals surface area contributed by atoms with Gasteiger partial charge in [-0.1, -0.05) is 0 Å². The van der Waals surface area contributed by atoms with Crippen molar-refractivity contribution in [3.05, 3.63) is 0 Å². The number of amides is 2. The molecule has 2 fully saturated rings. The molecule has 0 aromatic heterocycles. The van der Waals surface area contributed by atoms with Crippen molar-refractivity contribution in [2.75, 3.05) is 13.2 Å². The first-order chi connectivity index (χ1) is 6.27. The van der Waals surface area contributed by atoms with Crippen molar-refractivity contribution < 1.29 is 9.63 Å². The molecule has 2 amide bonds. The van der Waals surface area contributed by atoms with Gasteiger partial charge in [0.1, 0.15) is 0 Å². The molecule has 1 aliphatic heterocycles. The van der Waals surface area contributed by atoms with E-state index in [4.69, 9.17) is 4.84 Å². The van der Waals surface area contributed by atoms with Crippen molar-refractivity contribution >= 4 is 6.03 Å². The molecule has 74 valence electrons. The number of carbonyl (C=O) groups is 1. The standard InChI is InChI=1S/C9H16N2O2/c1-7(8-3-4-8)10-9(12)11-5-2-6-13-11/h7-8H,2-6H2,1H3,(H,10,12). The van der Waals surface area contributed by atoms with E-state index in [1.165, 1.54) is 17.9 Å². The Kier molecular flexibility index (Phi) is 2.40. The third-order valence-electron chi connectivity index (χ3n) is 2.66. The minimum atomic E-state index is -0.0723. The summed E-state index contributed by atoms with van der Waals surface area (Å²) in [6.45, 7) is 3.46. The molecular formula is C9H16N2O2. The molecule has 1 atom stereocenters. The van der Waals surface area contributed by atoms with Crippen molar-refractivity contribution in [2.45, 2.75) is 32.2 Å². The van der Waals surface area contributed by atoms with Crippen LogP contribution in [0.4, 0.5) is 4.79 Å². The van der Waals surface area contributed by atoms with Gasteiger partial charge in [0.05, 0.1) is 13.2 Å². The minimum Gasteiger partial charge on any atom is -0.333 e. The highest BCUT2D eigenvalue weighted by Crippen LogP contribution is 2.32. The second kappa shape index (κ2) is 3.54. The average molecular weight is 184 g/mol. The van der Waals surface area contributed by atoms with Gasteiger partial charge in [-0.25, -0.2) is 9.86 Å². The van der Waals surface area contributed by atoms with Gasteiger partial charge in [0.25, 0.3) is 0 Å². The number of hydrogen-bond acceptors (Lipinski definition) is 2. The zero-order chi connectivity index (χ0) is 9.26. The van der Waals surface area contributed by atoms with E-state index in [2.05, 4.69) is 12.2 Å². The number of nitrogens with zero attached hydrogens (tertiary/aromatic N) is 1. The fraction of sp³-hybridized carbons (Fsp3) is 0.889. The molecule has 0 bridgehead atoms. The zero-order valence-electron chi connectivity index (χ0n) is 7.95.